The number of pyridine rings is 1. The van der Waals surface area contributed by atoms with E-state index >= 15 is 0 Å². The Balaban J connectivity index is 1.60. The summed E-state index contributed by atoms with van der Waals surface area (Å²) in [6.45, 7) is 3.97. The molecule has 4 aromatic rings. The Morgan fingerprint density at radius 1 is 1.12 bits per heavy atom. The molecule has 0 fully saturated rings. The van der Waals surface area contributed by atoms with Crippen LogP contribution in [-0.4, -0.2) is 41.2 Å². The van der Waals surface area contributed by atoms with Crippen molar-refractivity contribution in [2.45, 2.75) is 45.2 Å². The SMILES string of the molecule is CCC1Cc2c(nn(C)c2-c2cc(F)c(F)c(F)c2)C(CC)N1C(=O)c1ccn2cnnc2c1. The first-order valence-corrected chi connectivity index (χ1v) is 11.2. The second-order valence-electron chi connectivity index (χ2n) is 8.50. The minimum absolute atomic E-state index is 0.138. The summed E-state index contributed by atoms with van der Waals surface area (Å²) in [6, 6.07) is 4.94. The van der Waals surface area contributed by atoms with E-state index < -0.39 is 17.5 Å². The van der Waals surface area contributed by atoms with E-state index in [-0.39, 0.29) is 23.6 Å². The second-order valence-corrected chi connectivity index (χ2v) is 8.50. The second kappa shape index (κ2) is 8.27. The summed E-state index contributed by atoms with van der Waals surface area (Å²) in [5.41, 5.74) is 3.33. The lowest BCUT2D eigenvalue weighted by Gasteiger charge is -2.41. The molecule has 176 valence electrons. The number of benzene rings is 1. The van der Waals surface area contributed by atoms with E-state index in [2.05, 4.69) is 15.3 Å². The van der Waals surface area contributed by atoms with Crippen molar-refractivity contribution in [2.75, 3.05) is 0 Å². The zero-order valence-electron chi connectivity index (χ0n) is 19.0. The fraction of sp³-hybridized carbons (Fsp3) is 0.333. The van der Waals surface area contributed by atoms with Crippen molar-refractivity contribution in [3.63, 3.8) is 0 Å². The third kappa shape index (κ3) is 3.36. The monoisotopic (exact) mass is 468 g/mol. The molecule has 7 nitrogen and oxygen atoms in total. The van der Waals surface area contributed by atoms with Gasteiger partial charge in [-0.15, -0.1) is 10.2 Å². The van der Waals surface area contributed by atoms with Crippen LogP contribution in [0.4, 0.5) is 13.2 Å². The molecule has 0 spiro atoms. The molecule has 34 heavy (non-hydrogen) atoms. The molecule has 1 aromatic carbocycles. The van der Waals surface area contributed by atoms with E-state index in [0.29, 0.717) is 41.9 Å². The minimum atomic E-state index is -1.50. The van der Waals surface area contributed by atoms with Gasteiger partial charge in [0.2, 0.25) is 0 Å². The van der Waals surface area contributed by atoms with Gasteiger partial charge in [0.05, 0.1) is 17.4 Å². The predicted octanol–water partition coefficient (Wildman–Crippen LogP) is 4.48. The van der Waals surface area contributed by atoms with Crippen LogP contribution in [0.15, 0.2) is 36.8 Å². The smallest absolute Gasteiger partial charge is 0.254 e. The Bertz CT molecular complexity index is 1390. The number of aromatic nitrogens is 5. The van der Waals surface area contributed by atoms with Crippen LogP contribution in [0, 0.1) is 17.5 Å². The molecule has 0 bridgehead atoms. The molecule has 1 aliphatic rings. The Morgan fingerprint density at radius 3 is 2.53 bits per heavy atom. The molecule has 0 radical (unpaired) electrons. The number of hydrogen-bond acceptors (Lipinski definition) is 4. The zero-order valence-corrected chi connectivity index (χ0v) is 19.0. The first-order chi connectivity index (χ1) is 16.3. The van der Waals surface area contributed by atoms with Gasteiger partial charge in [-0.05, 0) is 43.5 Å². The largest absolute Gasteiger partial charge is 0.327 e. The molecule has 0 aliphatic carbocycles. The van der Waals surface area contributed by atoms with Crippen molar-refractivity contribution in [1.82, 2.24) is 29.3 Å². The molecule has 4 heterocycles. The molecule has 5 rings (SSSR count). The number of halogens is 3. The predicted molar refractivity (Wildman–Crippen MR) is 118 cm³/mol. The first kappa shape index (κ1) is 22.1. The van der Waals surface area contributed by atoms with Crippen molar-refractivity contribution in [2.24, 2.45) is 7.05 Å². The molecule has 2 atom stereocenters. The third-order valence-corrected chi connectivity index (χ3v) is 6.56. The van der Waals surface area contributed by atoms with Crippen LogP contribution < -0.4 is 0 Å². The number of carbonyl (C=O) groups excluding carboxylic acids is 1. The van der Waals surface area contributed by atoms with E-state index in [1.165, 1.54) is 0 Å². The Kier molecular flexibility index (Phi) is 5.38. The van der Waals surface area contributed by atoms with E-state index in [0.717, 1.165) is 17.7 Å². The van der Waals surface area contributed by atoms with Crippen molar-refractivity contribution in [3.05, 3.63) is 71.1 Å². The Morgan fingerprint density at radius 2 is 1.85 bits per heavy atom. The normalized spacial score (nSPS) is 17.9. The molecule has 1 amide bonds. The van der Waals surface area contributed by atoms with Crippen LogP contribution in [0.5, 0.6) is 0 Å². The topological polar surface area (TPSA) is 68.3 Å². The maximum absolute atomic E-state index is 14.0. The maximum atomic E-state index is 14.0. The molecule has 0 saturated heterocycles. The molecule has 0 N–H and O–H groups in total. The van der Waals surface area contributed by atoms with Gasteiger partial charge in [-0.3, -0.25) is 13.9 Å². The van der Waals surface area contributed by atoms with Crippen LogP contribution >= 0.6 is 0 Å². The highest BCUT2D eigenvalue weighted by molar-refractivity contribution is 5.95. The first-order valence-electron chi connectivity index (χ1n) is 11.2. The van der Waals surface area contributed by atoms with Crippen molar-refractivity contribution < 1.29 is 18.0 Å². The molecular formula is C24H23F3N6O. The molecule has 1 aliphatic heterocycles. The zero-order chi connectivity index (χ0) is 24.1. The van der Waals surface area contributed by atoms with Gasteiger partial charge >= 0.3 is 0 Å². The molecular weight excluding hydrogens is 445 g/mol. The fourth-order valence-corrected chi connectivity index (χ4v) is 4.97. The summed E-state index contributed by atoms with van der Waals surface area (Å²) >= 11 is 0. The summed E-state index contributed by atoms with van der Waals surface area (Å²) in [5, 5.41) is 12.5. The molecule has 2 unspecified atom stereocenters. The average Bonchev–Trinajstić information content (AvgIpc) is 3.43. The highest BCUT2D eigenvalue weighted by Gasteiger charge is 2.40. The lowest BCUT2D eigenvalue weighted by Crippen LogP contribution is -2.47. The van der Waals surface area contributed by atoms with Crippen LogP contribution in [0.25, 0.3) is 16.9 Å². The highest BCUT2D eigenvalue weighted by atomic mass is 19.2. The summed E-state index contributed by atoms with van der Waals surface area (Å²) in [4.78, 5) is 15.5. The van der Waals surface area contributed by atoms with E-state index in [1.807, 2.05) is 18.7 Å². The average molecular weight is 468 g/mol. The lowest BCUT2D eigenvalue weighted by molar-refractivity contribution is 0.0513. The summed E-state index contributed by atoms with van der Waals surface area (Å²) in [6.07, 6.45) is 5.05. The number of fused-ring (bicyclic) bond motifs is 2. The van der Waals surface area contributed by atoms with E-state index in [4.69, 9.17) is 0 Å². The van der Waals surface area contributed by atoms with Gasteiger partial charge in [0.15, 0.2) is 23.1 Å². The third-order valence-electron chi connectivity index (χ3n) is 6.56. The van der Waals surface area contributed by atoms with Gasteiger partial charge in [0.1, 0.15) is 6.33 Å². The van der Waals surface area contributed by atoms with Crippen molar-refractivity contribution >= 4 is 11.6 Å². The Hall–Kier alpha value is -3.69. The van der Waals surface area contributed by atoms with Gasteiger partial charge in [-0.2, -0.15) is 5.10 Å². The number of amides is 1. The van der Waals surface area contributed by atoms with Crippen LogP contribution in [0.1, 0.15) is 54.3 Å². The van der Waals surface area contributed by atoms with Gasteiger partial charge in [-0.1, -0.05) is 13.8 Å². The maximum Gasteiger partial charge on any atom is 0.254 e. The number of aryl methyl sites for hydroxylation is 1. The van der Waals surface area contributed by atoms with Crippen LogP contribution in [0.3, 0.4) is 0 Å². The highest BCUT2D eigenvalue weighted by Crippen LogP contribution is 2.41. The molecule has 0 saturated carbocycles. The molecule has 3 aromatic heterocycles. The van der Waals surface area contributed by atoms with Crippen LogP contribution in [-0.2, 0) is 13.5 Å². The number of rotatable bonds is 4. The summed E-state index contributed by atoms with van der Waals surface area (Å²) in [5.74, 6) is -4.14. The van der Waals surface area contributed by atoms with E-state index in [9.17, 15) is 18.0 Å². The van der Waals surface area contributed by atoms with Gasteiger partial charge < -0.3 is 4.90 Å². The summed E-state index contributed by atoms with van der Waals surface area (Å²) in [7, 11) is 1.69. The standard InChI is InChI=1S/C24H23F3N6O/c1-4-15-11-16-22(30-31(3)23(16)14-8-17(25)21(27)18(26)9-14)19(5-2)33(15)24(34)13-6-7-32-12-28-29-20(32)10-13/h6-10,12,15,19H,4-5,11H2,1-3H3. The number of nitrogens with zero attached hydrogens (tertiary/aromatic N) is 6. The van der Waals surface area contributed by atoms with Gasteiger partial charge in [0.25, 0.3) is 5.91 Å². The Labute approximate surface area is 193 Å². The van der Waals surface area contributed by atoms with Gasteiger partial charge in [0, 0.05) is 36.0 Å². The van der Waals surface area contributed by atoms with Gasteiger partial charge in [-0.25, -0.2) is 13.2 Å². The van der Waals surface area contributed by atoms with Crippen LogP contribution in [0.2, 0.25) is 0 Å². The van der Waals surface area contributed by atoms with E-state index in [1.54, 1.807) is 40.8 Å². The van der Waals surface area contributed by atoms with Crippen molar-refractivity contribution in [1.29, 1.82) is 0 Å². The number of carbonyl (C=O) groups is 1. The number of hydrogen-bond donors (Lipinski definition) is 0. The quantitative estimate of drug-likeness (QED) is 0.415. The van der Waals surface area contributed by atoms with Crippen molar-refractivity contribution in [3.8, 4) is 11.3 Å². The minimum Gasteiger partial charge on any atom is -0.327 e. The lowest BCUT2D eigenvalue weighted by atomic mass is 9.87. The fourth-order valence-electron chi connectivity index (χ4n) is 4.97. The molecule has 10 heteroatoms. The summed E-state index contributed by atoms with van der Waals surface area (Å²) < 4.78 is 44.9.